The second-order valence-electron chi connectivity index (χ2n) is 3.76. The number of nitrogens with zero attached hydrogens (tertiary/aromatic N) is 1. The molecule has 1 unspecified atom stereocenters. The summed E-state index contributed by atoms with van der Waals surface area (Å²) in [5, 5.41) is 0. The molecule has 0 radical (unpaired) electrons. The summed E-state index contributed by atoms with van der Waals surface area (Å²) in [5.41, 5.74) is 6.03. The summed E-state index contributed by atoms with van der Waals surface area (Å²) in [6.45, 7) is 5.31. The van der Waals surface area contributed by atoms with Crippen LogP contribution in [0.2, 0.25) is 0 Å². The van der Waals surface area contributed by atoms with Gasteiger partial charge in [-0.05, 0) is 6.08 Å². The average Bonchev–Trinajstić information content (AvgIpc) is 2.72. The molecule has 2 aliphatic heterocycles. The molecule has 2 rings (SSSR count). The van der Waals surface area contributed by atoms with Crippen LogP contribution in [0.1, 0.15) is 6.42 Å². The second kappa shape index (κ2) is 4.77. The van der Waals surface area contributed by atoms with Gasteiger partial charge in [-0.25, -0.2) is 0 Å². The minimum Gasteiger partial charge on any atom is -0.496 e. The van der Waals surface area contributed by atoms with Crippen LogP contribution >= 0.6 is 0 Å². The van der Waals surface area contributed by atoms with Crippen molar-refractivity contribution in [1.29, 1.82) is 0 Å². The van der Waals surface area contributed by atoms with E-state index < -0.39 is 0 Å². The van der Waals surface area contributed by atoms with E-state index in [1.807, 2.05) is 0 Å². The predicted octanol–water partition coefficient (Wildman–Crippen LogP) is -0.0499. The fourth-order valence-corrected chi connectivity index (χ4v) is 1.85. The van der Waals surface area contributed by atoms with Crippen LogP contribution in [0, 0.1) is 0 Å². The normalized spacial score (nSPS) is 25.6. The van der Waals surface area contributed by atoms with E-state index in [-0.39, 0.29) is 6.04 Å². The van der Waals surface area contributed by atoms with E-state index in [0.717, 1.165) is 51.6 Å². The zero-order valence-electron chi connectivity index (χ0n) is 8.45. The first-order valence-electron chi connectivity index (χ1n) is 5.25. The van der Waals surface area contributed by atoms with Crippen LogP contribution in [-0.4, -0.2) is 50.4 Å². The number of hydrogen-bond donors (Lipinski definition) is 1. The number of ether oxygens (including phenoxy) is 2. The van der Waals surface area contributed by atoms with E-state index in [9.17, 15) is 0 Å². The average molecular weight is 198 g/mol. The molecule has 0 aromatic carbocycles. The Morgan fingerprint density at radius 1 is 1.36 bits per heavy atom. The van der Waals surface area contributed by atoms with Crippen molar-refractivity contribution in [1.82, 2.24) is 4.90 Å². The molecule has 0 aromatic heterocycles. The Kier molecular flexibility index (Phi) is 3.39. The van der Waals surface area contributed by atoms with Crippen molar-refractivity contribution < 1.29 is 9.47 Å². The van der Waals surface area contributed by atoms with Crippen molar-refractivity contribution in [2.75, 3.05) is 39.5 Å². The second-order valence-corrected chi connectivity index (χ2v) is 3.76. The molecule has 1 fully saturated rings. The fourth-order valence-electron chi connectivity index (χ4n) is 1.85. The zero-order valence-corrected chi connectivity index (χ0v) is 8.45. The Labute approximate surface area is 84.6 Å². The van der Waals surface area contributed by atoms with E-state index in [0.29, 0.717) is 0 Å². The molecule has 80 valence electrons. The Hall–Kier alpha value is -0.580. The summed E-state index contributed by atoms with van der Waals surface area (Å²) in [4.78, 5) is 2.33. The summed E-state index contributed by atoms with van der Waals surface area (Å²) in [7, 11) is 0. The highest BCUT2D eigenvalue weighted by Gasteiger charge is 2.19. The molecule has 0 aromatic rings. The molecule has 0 amide bonds. The van der Waals surface area contributed by atoms with E-state index in [2.05, 4.69) is 11.0 Å². The van der Waals surface area contributed by atoms with Gasteiger partial charge in [-0.3, -0.25) is 4.90 Å². The molecule has 4 nitrogen and oxygen atoms in total. The zero-order chi connectivity index (χ0) is 9.80. The highest BCUT2D eigenvalue weighted by Crippen LogP contribution is 2.13. The number of nitrogens with two attached hydrogens (primary N) is 1. The number of rotatable bonds is 3. The minimum absolute atomic E-state index is 0.0376. The molecule has 2 heterocycles. The summed E-state index contributed by atoms with van der Waals surface area (Å²) < 4.78 is 10.7. The molecule has 14 heavy (non-hydrogen) atoms. The van der Waals surface area contributed by atoms with Crippen molar-refractivity contribution >= 4 is 0 Å². The molecule has 0 saturated carbocycles. The molecule has 0 aliphatic carbocycles. The summed E-state index contributed by atoms with van der Waals surface area (Å²) in [6, 6.07) is 0.0376. The van der Waals surface area contributed by atoms with Crippen LogP contribution in [0.25, 0.3) is 0 Å². The Balaban J connectivity index is 1.77. The van der Waals surface area contributed by atoms with E-state index in [4.69, 9.17) is 15.2 Å². The lowest BCUT2D eigenvalue weighted by molar-refractivity contribution is 0.0343. The Morgan fingerprint density at radius 3 is 2.79 bits per heavy atom. The molecular weight excluding hydrogens is 180 g/mol. The predicted molar refractivity (Wildman–Crippen MR) is 53.9 cm³/mol. The molecule has 4 heteroatoms. The van der Waals surface area contributed by atoms with Gasteiger partial charge in [0.25, 0.3) is 0 Å². The lowest BCUT2D eigenvalue weighted by atomic mass is 10.2. The van der Waals surface area contributed by atoms with E-state index >= 15 is 0 Å². The van der Waals surface area contributed by atoms with Crippen LogP contribution < -0.4 is 5.73 Å². The smallest absolute Gasteiger partial charge is 0.110 e. The maximum atomic E-state index is 6.03. The van der Waals surface area contributed by atoms with Crippen LogP contribution in [0.3, 0.4) is 0 Å². The van der Waals surface area contributed by atoms with Crippen molar-refractivity contribution in [3.63, 3.8) is 0 Å². The van der Waals surface area contributed by atoms with Gasteiger partial charge < -0.3 is 15.2 Å². The molecule has 1 atom stereocenters. The Morgan fingerprint density at radius 2 is 2.14 bits per heavy atom. The SMILES string of the molecule is NC(CN1CCOCC1)C1=CCCO1. The summed E-state index contributed by atoms with van der Waals surface area (Å²) in [6.07, 6.45) is 3.11. The largest absolute Gasteiger partial charge is 0.496 e. The lowest BCUT2D eigenvalue weighted by Crippen LogP contribution is -2.44. The van der Waals surface area contributed by atoms with Gasteiger partial charge in [-0.2, -0.15) is 0 Å². The fraction of sp³-hybridized carbons (Fsp3) is 0.800. The molecule has 0 bridgehead atoms. The molecule has 0 spiro atoms. The molecule has 2 aliphatic rings. The Bertz CT molecular complexity index is 212. The molecule has 2 N–H and O–H groups in total. The number of hydrogen-bond acceptors (Lipinski definition) is 4. The van der Waals surface area contributed by atoms with Gasteiger partial charge in [0.1, 0.15) is 5.76 Å². The third kappa shape index (κ3) is 2.47. The van der Waals surface area contributed by atoms with Crippen molar-refractivity contribution in [3.8, 4) is 0 Å². The van der Waals surface area contributed by atoms with E-state index in [1.165, 1.54) is 0 Å². The maximum Gasteiger partial charge on any atom is 0.110 e. The van der Waals surface area contributed by atoms with E-state index in [1.54, 1.807) is 0 Å². The van der Waals surface area contributed by atoms with Gasteiger partial charge in [0, 0.05) is 26.1 Å². The minimum atomic E-state index is 0.0376. The quantitative estimate of drug-likeness (QED) is 0.690. The highest BCUT2D eigenvalue weighted by molar-refractivity contribution is 5.06. The van der Waals surface area contributed by atoms with Crippen LogP contribution in [0.4, 0.5) is 0 Å². The highest BCUT2D eigenvalue weighted by atomic mass is 16.5. The van der Waals surface area contributed by atoms with Crippen LogP contribution in [0.15, 0.2) is 11.8 Å². The molecule has 1 saturated heterocycles. The molecular formula is C10H18N2O2. The van der Waals surface area contributed by atoms with Gasteiger partial charge >= 0.3 is 0 Å². The lowest BCUT2D eigenvalue weighted by Gasteiger charge is -2.29. The number of morpholine rings is 1. The third-order valence-corrected chi connectivity index (χ3v) is 2.66. The summed E-state index contributed by atoms with van der Waals surface area (Å²) in [5.74, 6) is 0.969. The van der Waals surface area contributed by atoms with Gasteiger partial charge in [0.2, 0.25) is 0 Å². The van der Waals surface area contributed by atoms with Crippen LogP contribution in [0.5, 0.6) is 0 Å². The third-order valence-electron chi connectivity index (χ3n) is 2.66. The van der Waals surface area contributed by atoms with Crippen molar-refractivity contribution in [2.24, 2.45) is 5.73 Å². The van der Waals surface area contributed by atoms with Gasteiger partial charge in [-0.1, -0.05) is 0 Å². The summed E-state index contributed by atoms with van der Waals surface area (Å²) >= 11 is 0. The first-order chi connectivity index (χ1) is 6.86. The van der Waals surface area contributed by atoms with Crippen molar-refractivity contribution in [3.05, 3.63) is 11.8 Å². The maximum absolute atomic E-state index is 6.03. The van der Waals surface area contributed by atoms with Crippen molar-refractivity contribution in [2.45, 2.75) is 12.5 Å². The van der Waals surface area contributed by atoms with Gasteiger partial charge in [0.15, 0.2) is 0 Å². The topological polar surface area (TPSA) is 47.7 Å². The monoisotopic (exact) mass is 198 g/mol. The van der Waals surface area contributed by atoms with Gasteiger partial charge in [-0.15, -0.1) is 0 Å². The van der Waals surface area contributed by atoms with Gasteiger partial charge in [0.05, 0.1) is 25.9 Å². The van der Waals surface area contributed by atoms with Crippen LogP contribution in [-0.2, 0) is 9.47 Å². The first-order valence-corrected chi connectivity index (χ1v) is 5.25. The standard InChI is InChI=1S/C10H18N2O2/c11-9(10-2-1-5-14-10)8-12-3-6-13-7-4-12/h2,9H,1,3-8,11H2. The first kappa shape index (κ1) is 9.96.